The van der Waals surface area contributed by atoms with E-state index < -0.39 is 6.10 Å². The van der Waals surface area contributed by atoms with Gasteiger partial charge < -0.3 is 9.84 Å². The molecule has 3 rings (SSSR count). The lowest BCUT2D eigenvalue weighted by Gasteiger charge is -2.36. The van der Waals surface area contributed by atoms with Crippen LogP contribution in [0.5, 0.6) is 0 Å². The van der Waals surface area contributed by atoms with Crippen LogP contribution in [0.3, 0.4) is 0 Å². The molecule has 0 bridgehead atoms. The second-order valence-electron chi connectivity index (χ2n) is 5.85. The van der Waals surface area contributed by atoms with Gasteiger partial charge in [-0.3, -0.25) is 4.90 Å². The first kappa shape index (κ1) is 16.4. The molecule has 1 N–H and O–H groups in total. The summed E-state index contributed by atoms with van der Waals surface area (Å²) in [5.41, 5.74) is 2.07. The Bertz CT molecular complexity index is 606. The molecule has 0 amide bonds. The Morgan fingerprint density at radius 2 is 2.09 bits per heavy atom. The minimum atomic E-state index is -0.478. The van der Waals surface area contributed by atoms with E-state index in [2.05, 4.69) is 9.88 Å². The Labute approximate surface area is 141 Å². The summed E-state index contributed by atoms with van der Waals surface area (Å²) in [5, 5.41) is 11.0. The third kappa shape index (κ3) is 4.52. The zero-order chi connectivity index (χ0) is 16.1. The Balaban J connectivity index is 1.65. The maximum atomic E-state index is 10.5. The summed E-state index contributed by atoms with van der Waals surface area (Å²) < 4.78 is 5.62. The zero-order valence-electron chi connectivity index (χ0n) is 12.9. The fourth-order valence-corrected chi connectivity index (χ4v) is 3.03. The maximum absolute atomic E-state index is 10.5. The van der Waals surface area contributed by atoms with E-state index in [1.807, 2.05) is 48.7 Å². The quantitative estimate of drug-likeness (QED) is 0.855. The van der Waals surface area contributed by atoms with Crippen LogP contribution in [-0.2, 0) is 11.3 Å². The molecule has 23 heavy (non-hydrogen) atoms. The minimum Gasteiger partial charge on any atom is -0.388 e. The van der Waals surface area contributed by atoms with Crippen molar-refractivity contribution in [1.29, 1.82) is 0 Å². The van der Waals surface area contributed by atoms with Crippen molar-refractivity contribution in [2.75, 3.05) is 19.8 Å². The van der Waals surface area contributed by atoms with E-state index in [9.17, 15) is 5.11 Å². The Hall–Kier alpha value is -1.46. The Morgan fingerprint density at radius 1 is 1.26 bits per heavy atom. The van der Waals surface area contributed by atoms with Gasteiger partial charge in [0, 0.05) is 25.3 Å². The van der Waals surface area contributed by atoms with Crippen molar-refractivity contribution in [2.24, 2.45) is 0 Å². The molecule has 122 valence electrons. The number of pyridine rings is 1. The monoisotopic (exact) mass is 332 g/mol. The van der Waals surface area contributed by atoms with Gasteiger partial charge in [0.25, 0.3) is 0 Å². The third-order valence-corrected chi connectivity index (χ3v) is 4.43. The highest BCUT2D eigenvalue weighted by Crippen LogP contribution is 2.23. The number of hydrogen-bond acceptors (Lipinski definition) is 4. The molecule has 0 aliphatic carbocycles. The Kier molecular flexibility index (Phi) is 5.62. The van der Waals surface area contributed by atoms with Crippen LogP contribution in [0.4, 0.5) is 0 Å². The van der Waals surface area contributed by atoms with Gasteiger partial charge in [0.05, 0.1) is 19.3 Å². The van der Waals surface area contributed by atoms with Gasteiger partial charge in [-0.2, -0.15) is 0 Å². The molecule has 5 heteroatoms. The summed E-state index contributed by atoms with van der Waals surface area (Å²) in [5.74, 6) is 0. The van der Waals surface area contributed by atoms with Crippen LogP contribution in [0, 0.1) is 0 Å². The number of aliphatic hydroxyl groups excluding tert-OH is 1. The average Bonchev–Trinajstić information content (AvgIpc) is 2.59. The van der Waals surface area contributed by atoms with E-state index in [-0.39, 0.29) is 6.04 Å². The van der Waals surface area contributed by atoms with Crippen molar-refractivity contribution >= 4 is 11.6 Å². The van der Waals surface area contributed by atoms with Gasteiger partial charge in [0.1, 0.15) is 5.15 Å². The van der Waals surface area contributed by atoms with E-state index in [0.29, 0.717) is 18.2 Å². The second kappa shape index (κ2) is 7.88. The molecule has 0 radical (unpaired) electrons. The van der Waals surface area contributed by atoms with Gasteiger partial charge in [-0.15, -0.1) is 0 Å². The fraction of sp³-hybridized carbons (Fsp3) is 0.389. The van der Waals surface area contributed by atoms with E-state index in [0.717, 1.165) is 30.8 Å². The van der Waals surface area contributed by atoms with Crippen molar-refractivity contribution < 1.29 is 9.84 Å². The molecule has 2 aromatic rings. The normalized spacial score (nSPS) is 20.3. The van der Waals surface area contributed by atoms with Crippen molar-refractivity contribution in [3.05, 3.63) is 64.9 Å². The third-order valence-electron chi connectivity index (χ3n) is 4.20. The van der Waals surface area contributed by atoms with Gasteiger partial charge in [-0.1, -0.05) is 48.0 Å². The predicted molar refractivity (Wildman–Crippen MR) is 90.3 cm³/mol. The van der Waals surface area contributed by atoms with E-state index in [1.54, 1.807) is 0 Å². The van der Waals surface area contributed by atoms with Crippen LogP contribution < -0.4 is 0 Å². The van der Waals surface area contributed by atoms with Crippen molar-refractivity contribution in [3.63, 3.8) is 0 Å². The summed E-state index contributed by atoms with van der Waals surface area (Å²) in [7, 11) is 0. The molecule has 0 spiro atoms. The highest BCUT2D eigenvalue weighted by molar-refractivity contribution is 6.29. The molecule has 0 saturated carbocycles. The number of hydrogen-bond donors (Lipinski definition) is 1. The molecule has 1 aliphatic rings. The lowest BCUT2D eigenvalue weighted by Crippen LogP contribution is -2.45. The first-order chi connectivity index (χ1) is 11.2. The summed E-state index contributed by atoms with van der Waals surface area (Å²) in [6, 6.07) is 13.8. The van der Waals surface area contributed by atoms with Crippen LogP contribution in [0.2, 0.25) is 5.15 Å². The molecule has 1 fully saturated rings. The summed E-state index contributed by atoms with van der Waals surface area (Å²) in [6.45, 7) is 3.01. The summed E-state index contributed by atoms with van der Waals surface area (Å²) in [4.78, 5) is 6.48. The molecular weight excluding hydrogens is 312 g/mol. The smallest absolute Gasteiger partial charge is 0.129 e. The van der Waals surface area contributed by atoms with E-state index >= 15 is 0 Å². The number of aliphatic hydroxyl groups is 1. The molecule has 4 nitrogen and oxygen atoms in total. The zero-order valence-corrected chi connectivity index (χ0v) is 13.7. The van der Waals surface area contributed by atoms with E-state index in [4.69, 9.17) is 16.3 Å². The molecule has 2 heterocycles. The maximum Gasteiger partial charge on any atom is 0.129 e. The molecule has 1 saturated heterocycles. The topological polar surface area (TPSA) is 45.6 Å². The van der Waals surface area contributed by atoms with E-state index in [1.165, 1.54) is 0 Å². The largest absolute Gasteiger partial charge is 0.388 e. The highest BCUT2D eigenvalue weighted by atomic mass is 35.5. The van der Waals surface area contributed by atoms with Crippen LogP contribution in [0.15, 0.2) is 48.7 Å². The number of nitrogens with zero attached hydrogens (tertiary/aromatic N) is 2. The Morgan fingerprint density at radius 3 is 2.83 bits per heavy atom. The minimum absolute atomic E-state index is 0.189. The highest BCUT2D eigenvalue weighted by Gasteiger charge is 2.26. The first-order valence-electron chi connectivity index (χ1n) is 7.87. The number of benzene rings is 1. The number of morpholine rings is 1. The van der Waals surface area contributed by atoms with Gasteiger partial charge in [0.2, 0.25) is 0 Å². The standard InChI is InChI=1S/C18H21ClN2O2/c19-18-7-6-14(11-20-18)12-21-8-9-23-13-16(21)10-17(22)15-4-2-1-3-5-15/h1-7,11,16-17,22H,8-10,12-13H2. The van der Waals surface area contributed by atoms with Crippen LogP contribution >= 0.6 is 11.6 Å². The molecule has 1 aromatic heterocycles. The van der Waals surface area contributed by atoms with Gasteiger partial charge >= 0.3 is 0 Å². The second-order valence-corrected chi connectivity index (χ2v) is 6.24. The average molecular weight is 333 g/mol. The predicted octanol–water partition coefficient (Wildman–Crippen LogP) is 3.06. The van der Waals surface area contributed by atoms with Gasteiger partial charge in [-0.25, -0.2) is 4.98 Å². The summed E-state index contributed by atoms with van der Waals surface area (Å²) >= 11 is 5.84. The van der Waals surface area contributed by atoms with Crippen LogP contribution in [0.1, 0.15) is 23.7 Å². The van der Waals surface area contributed by atoms with Gasteiger partial charge in [-0.05, 0) is 23.6 Å². The molecule has 1 aromatic carbocycles. The fourth-order valence-electron chi connectivity index (χ4n) is 2.92. The first-order valence-corrected chi connectivity index (χ1v) is 8.25. The van der Waals surface area contributed by atoms with Crippen molar-refractivity contribution in [3.8, 4) is 0 Å². The molecular formula is C18H21ClN2O2. The lowest BCUT2D eigenvalue weighted by atomic mass is 10.0. The molecule has 2 atom stereocenters. The molecule has 2 unspecified atom stereocenters. The number of halogens is 1. The SMILES string of the molecule is OC(CC1COCCN1Cc1ccc(Cl)nc1)c1ccccc1. The summed E-state index contributed by atoms with van der Waals surface area (Å²) in [6.07, 6.45) is 1.99. The number of aromatic nitrogens is 1. The number of ether oxygens (including phenoxy) is 1. The lowest BCUT2D eigenvalue weighted by molar-refractivity contribution is -0.0300. The molecule has 1 aliphatic heterocycles. The number of rotatable bonds is 5. The van der Waals surface area contributed by atoms with Crippen LogP contribution in [-0.4, -0.2) is 40.8 Å². The van der Waals surface area contributed by atoms with Crippen molar-refractivity contribution in [1.82, 2.24) is 9.88 Å². The van der Waals surface area contributed by atoms with Crippen LogP contribution in [0.25, 0.3) is 0 Å². The van der Waals surface area contributed by atoms with Gasteiger partial charge in [0.15, 0.2) is 0 Å². The van der Waals surface area contributed by atoms with Crippen molar-refractivity contribution in [2.45, 2.75) is 25.1 Å².